The van der Waals surface area contributed by atoms with Gasteiger partial charge >= 0.3 is 0 Å². The summed E-state index contributed by atoms with van der Waals surface area (Å²) in [6, 6.07) is 9.28. The number of nitrogens with two attached hydrogens (primary N) is 1. The zero-order valence-corrected chi connectivity index (χ0v) is 14.2. The topological polar surface area (TPSA) is 99.0 Å². The second kappa shape index (κ2) is 5.80. The molecule has 3 heterocycles. The summed E-state index contributed by atoms with van der Waals surface area (Å²) < 4.78 is 20.9. The van der Waals surface area contributed by atoms with Crippen molar-refractivity contribution >= 4 is 17.7 Å². The van der Waals surface area contributed by atoms with Gasteiger partial charge in [0, 0.05) is 23.6 Å². The Kier molecular flexibility index (Phi) is 3.40. The van der Waals surface area contributed by atoms with Crippen LogP contribution in [0.1, 0.15) is 36.1 Å². The van der Waals surface area contributed by atoms with Crippen molar-refractivity contribution in [2.24, 2.45) is 0 Å². The van der Waals surface area contributed by atoms with E-state index >= 15 is 0 Å². The first-order valence-electron chi connectivity index (χ1n) is 8.64. The van der Waals surface area contributed by atoms with Crippen LogP contribution in [0.2, 0.25) is 0 Å². The number of aromatic nitrogens is 3. The van der Waals surface area contributed by atoms with E-state index in [0.717, 1.165) is 11.5 Å². The maximum atomic E-state index is 13.9. The van der Waals surface area contributed by atoms with Crippen molar-refractivity contribution in [3.05, 3.63) is 71.1 Å². The summed E-state index contributed by atoms with van der Waals surface area (Å²) in [5.74, 6) is 0.838. The molecule has 3 N–H and O–H groups in total. The van der Waals surface area contributed by atoms with Gasteiger partial charge in [0.1, 0.15) is 17.6 Å². The summed E-state index contributed by atoms with van der Waals surface area (Å²) in [5, 5.41) is 7.42. The Labute approximate surface area is 153 Å². The molecule has 0 radical (unpaired) electrons. The van der Waals surface area contributed by atoms with Crippen molar-refractivity contribution in [1.82, 2.24) is 14.8 Å². The van der Waals surface area contributed by atoms with Crippen LogP contribution in [0.15, 0.2) is 58.3 Å². The zero-order chi connectivity index (χ0) is 18.5. The van der Waals surface area contributed by atoms with E-state index in [1.807, 2.05) is 12.1 Å². The molecule has 0 unspecified atom stereocenters. The molecule has 2 aromatic heterocycles. The second-order valence-corrected chi connectivity index (χ2v) is 6.76. The van der Waals surface area contributed by atoms with E-state index in [9.17, 15) is 9.18 Å². The predicted octanol–water partition coefficient (Wildman–Crippen LogP) is 3.01. The minimum atomic E-state index is -0.568. The van der Waals surface area contributed by atoms with Crippen molar-refractivity contribution in [2.45, 2.75) is 24.8 Å². The van der Waals surface area contributed by atoms with Gasteiger partial charge < -0.3 is 15.5 Å². The van der Waals surface area contributed by atoms with E-state index in [2.05, 4.69) is 15.4 Å². The Bertz CT molecular complexity index is 1070. The monoisotopic (exact) mass is 365 g/mol. The smallest absolute Gasteiger partial charge is 0.241 e. The molecule has 0 saturated heterocycles. The predicted molar refractivity (Wildman–Crippen MR) is 95.3 cm³/mol. The Balaban J connectivity index is 1.65. The minimum absolute atomic E-state index is 0.0286. The largest absolute Gasteiger partial charge is 0.469 e. The van der Waals surface area contributed by atoms with E-state index < -0.39 is 6.04 Å². The molecule has 136 valence electrons. The molecular weight excluding hydrogens is 349 g/mol. The molecule has 1 aliphatic heterocycles. The van der Waals surface area contributed by atoms with Crippen molar-refractivity contribution in [3.63, 3.8) is 0 Å². The normalized spacial score (nSPS) is 21.6. The third kappa shape index (κ3) is 2.52. The maximum absolute atomic E-state index is 13.9. The number of nitrogens with one attached hydrogen (secondary N) is 1. The number of ketones is 1. The van der Waals surface area contributed by atoms with Gasteiger partial charge in [-0.05, 0) is 36.2 Å². The molecule has 0 spiro atoms. The van der Waals surface area contributed by atoms with Crippen LogP contribution >= 0.6 is 0 Å². The zero-order valence-electron chi connectivity index (χ0n) is 14.2. The molecule has 27 heavy (non-hydrogen) atoms. The highest BCUT2D eigenvalue weighted by molar-refractivity contribution is 6.00. The van der Waals surface area contributed by atoms with Gasteiger partial charge in [-0.3, -0.25) is 4.79 Å². The second-order valence-electron chi connectivity index (χ2n) is 6.76. The number of nitrogen functional groups attached to an aromatic ring is 1. The van der Waals surface area contributed by atoms with Gasteiger partial charge in [-0.1, -0.05) is 12.1 Å². The molecule has 2 atom stereocenters. The number of halogens is 1. The molecule has 2 aliphatic rings. The number of rotatable bonds is 2. The lowest BCUT2D eigenvalue weighted by atomic mass is 9.79. The number of allylic oxidation sites excluding steroid dienone is 2. The first kappa shape index (κ1) is 15.8. The van der Waals surface area contributed by atoms with E-state index in [1.165, 1.54) is 12.1 Å². The Morgan fingerprint density at radius 1 is 1.26 bits per heavy atom. The highest BCUT2D eigenvalue weighted by Crippen LogP contribution is 2.44. The molecule has 1 aliphatic carbocycles. The van der Waals surface area contributed by atoms with Gasteiger partial charge in [0.2, 0.25) is 11.9 Å². The summed E-state index contributed by atoms with van der Waals surface area (Å²) in [6.45, 7) is 0. The number of benzene rings is 1. The lowest BCUT2D eigenvalue weighted by Gasteiger charge is -2.34. The average molecular weight is 365 g/mol. The van der Waals surface area contributed by atoms with Gasteiger partial charge in [-0.2, -0.15) is 4.98 Å². The van der Waals surface area contributed by atoms with Crippen LogP contribution in [0.4, 0.5) is 16.3 Å². The summed E-state index contributed by atoms with van der Waals surface area (Å²) in [6.07, 6.45) is 2.51. The number of hydrogen-bond donors (Lipinski definition) is 2. The highest BCUT2D eigenvalue weighted by Gasteiger charge is 2.40. The highest BCUT2D eigenvalue weighted by atomic mass is 19.1. The minimum Gasteiger partial charge on any atom is -0.469 e. The van der Waals surface area contributed by atoms with Crippen LogP contribution in [0, 0.1) is 5.82 Å². The average Bonchev–Trinajstić information content (AvgIpc) is 3.28. The lowest BCUT2D eigenvalue weighted by molar-refractivity contribution is -0.117. The van der Waals surface area contributed by atoms with Crippen LogP contribution in [0.25, 0.3) is 0 Å². The maximum Gasteiger partial charge on any atom is 0.241 e. The molecule has 3 aromatic rings. The first-order chi connectivity index (χ1) is 13.1. The van der Waals surface area contributed by atoms with E-state index in [-0.39, 0.29) is 23.5 Å². The number of furan rings is 1. The Morgan fingerprint density at radius 2 is 2.15 bits per heavy atom. The number of nitrogens with zero attached hydrogens (tertiary/aromatic N) is 3. The summed E-state index contributed by atoms with van der Waals surface area (Å²) in [5.41, 5.74) is 7.73. The van der Waals surface area contributed by atoms with E-state index in [4.69, 9.17) is 10.2 Å². The fourth-order valence-corrected chi connectivity index (χ4v) is 3.94. The number of fused-ring (bicyclic) bond motifs is 1. The number of anilines is 2. The fourth-order valence-electron chi connectivity index (χ4n) is 3.94. The first-order valence-corrected chi connectivity index (χ1v) is 8.64. The van der Waals surface area contributed by atoms with Crippen LogP contribution in [0.5, 0.6) is 0 Å². The standard InChI is InChI=1S/C19H16FN5O2/c20-12-4-1-3-10(7-12)17-16-13(22-19-23-18(21)24-25(17)19)8-11(9-14(16)26)15-5-2-6-27-15/h1-7,11,17H,8-9H2,(H3,21,22,23,24)/t11-,17+/m0/s1. The quantitative estimate of drug-likeness (QED) is 0.724. The van der Waals surface area contributed by atoms with Crippen molar-refractivity contribution in [3.8, 4) is 0 Å². The van der Waals surface area contributed by atoms with Gasteiger partial charge in [0.05, 0.1) is 6.26 Å². The molecule has 0 saturated carbocycles. The number of Topliss-reactive ketones (excluding diaryl/α,β-unsaturated/α-hetero) is 1. The summed E-state index contributed by atoms with van der Waals surface area (Å²) in [4.78, 5) is 17.3. The molecule has 0 bridgehead atoms. The number of carbonyl (C=O) groups excluding carboxylic acids is 1. The number of carbonyl (C=O) groups is 1. The van der Waals surface area contributed by atoms with Crippen LogP contribution in [0.3, 0.4) is 0 Å². The van der Waals surface area contributed by atoms with Gasteiger partial charge in [-0.25, -0.2) is 9.07 Å². The molecular formula is C19H16FN5O2. The summed E-state index contributed by atoms with van der Waals surface area (Å²) >= 11 is 0. The van der Waals surface area contributed by atoms with Gasteiger partial charge in [-0.15, -0.1) is 5.10 Å². The third-order valence-corrected chi connectivity index (χ3v) is 5.05. The Morgan fingerprint density at radius 3 is 2.93 bits per heavy atom. The van der Waals surface area contributed by atoms with Crippen molar-refractivity contribution in [1.29, 1.82) is 0 Å². The van der Waals surface area contributed by atoms with Gasteiger partial charge in [0.25, 0.3) is 0 Å². The molecule has 0 amide bonds. The van der Waals surface area contributed by atoms with Crippen molar-refractivity contribution in [2.75, 3.05) is 11.1 Å². The van der Waals surface area contributed by atoms with E-state index in [0.29, 0.717) is 29.9 Å². The lowest BCUT2D eigenvalue weighted by Crippen LogP contribution is -2.33. The summed E-state index contributed by atoms with van der Waals surface area (Å²) in [7, 11) is 0. The van der Waals surface area contributed by atoms with Crippen LogP contribution < -0.4 is 11.1 Å². The SMILES string of the molecule is Nc1nc2n(n1)[C@H](c1cccc(F)c1)C1=C(C[C@H](c3ccco3)CC1=O)N2. The van der Waals surface area contributed by atoms with Crippen LogP contribution in [-0.2, 0) is 4.79 Å². The van der Waals surface area contributed by atoms with Crippen molar-refractivity contribution < 1.29 is 13.6 Å². The molecule has 5 rings (SSSR count). The number of hydrogen-bond acceptors (Lipinski definition) is 6. The van der Waals surface area contributed by atoms with Crippen LogP contribution in [-0.4, -0.2) is 20.5 Å². The fraction of sp³-hybridized carbons (Fsp3) is 0.211. The molecule has 1 aromatic carbocycles. The molecule has 7 nitrogen and oxygen atoms in total. The third-order valence-electron chi connectivity index (χ3n) is 5.05. The molecule has 0 fully saturated rings. The molecule has 8 heteroatoms. The Hall–Kier alpha value is -3.42. The van der Waals surface area contributed by atoms with Gasteiger partial charge in [0.15, 0.2) is 5.78 Å². The van der Waals surface area contributed by atoms with E-state index in [1.54, 1.807) is 23.1 Å².